The number of hydrogen-bond donors (Lipinski definition) is 2. The molecule has 2 N–H and O–H groups in total. The Hall–Kier alpha value is -2.16. The second-order valence-electron chi connectivity index (χ2n) is 8.42. The Kier molecular flexibility index (Phi) is 4.05. The molecular formula is C19H20F4N2O3. The van der Waals surface area contributed by atoms with E-state index in [0.717, 1.165) is 18.2 Å². The van der Waals surface area contributed by atoms with Crippen LogP contribution in [0, 0.1) is 0 Å². The van der Waals surface area contributed by atoms with Gasteiger partial charge in [0.25, 0.3) is 5.91 Å². The minimum absolute atomic E-state index is 0.0128. The van der Waals surface area contributed by atoms with E-state index in [4.69, 9.17) is 0 Å². The molecule has 9 heteroatoms. The number of hydrogen-bond acceptors (Lipinski definition) is 3. The normalized spacial score (nSPS) is 34.1. The lowest BCUT2D eigenvalue weighted by Gasteiger charge is -2.41. The molecule has 2 saturated carbocycles. The van der Waals surface area contributed by atoms with Gasteiger partial charge in [-0.2, -0.15) is 13.2 Å². The van der Waals surface area contributed by atoms with Crippen LogP contribution in [0.15, 0.2) is 18.2 Å². The second-order valence-corrected chi connectivity index (χ2v) is 8.42. The molecule has 0 saturated heterocycles. The third-order valence-electron chi connectivity index (χ3n) is 5.93. The Bertz CT molecular complexity index is 846. The van der Waals surface area contributed by atoms with Crippen molar-refractivity contribution >= 4 is 11.8 Å². The number of halogens is 4. The maximum Gasteiger partial charge on any atom is 0.416 e. The van der Waals surface area contributed by atoms with Gasteiger partial charge < -0.3 is 15.3 Å². The average Bonchev–Trinajstić information content (AvgIpc) is 3.19. The number of carbonyl (C=O) groups is 2. The Morgan fingerprint density at radius 1 is 1.32 bits per heavy atom. The molecule has 4 rings (SSSR count). The number of nitrogens with zero attached hydrogens (tertiary/aromatic N) is 1. The Morgan fingerprint density at radius 3 is 2.50 bits per heavy atom. The lowest BCUT2D eigenvalue weighted by Crippen LogP contribution is -2.56. The van der Waals surface area contributed by atoms with E-state index in [2.05, 4.69) is 5.32 Å². The molecule has 0 aromatic heterocycles. The topological polar surface area (TPSA) is 69.6 Å². The predicted octanol–water partition coefficient (Wildman–Crippen LogP) is 2.17. The van der Waals surface area contributed by atoms with Crippen LogP contribution in [0.3, 0.4) is 0 Å². The summed E-state index contributed by atoms with van der Waals surface area (Å²) in [7, 11) is 0. The van der Waals surface area contributed by atoms with Crippen LogP contribution in [0.25, 0.3) is 0 Å². The SMILES string of the molecule is C[C@]1(O)C[C@H](NC(=O)CN2C[C@@]3(C[C@H]3F)c3cc(C(F)(F)F)ccc3C2=O)C1. The molecule has 1 spiro atoms. The monoisotopic (exact) mass is 400 g/mol. The maximum atomic E-state index is 14.2. The zero-order valence-electron chi connectivity index (χ0n) is 15.1. The van der Waals surface area contributed by atoms with Crippen molar-refractivity contribution < 1.29 is 32.3 Å². The highest BCUT2D eigenvalue weighted by Gasteiger charge is 2.61. The van der Waals surface area contributed by atoms with Gasteiger partial charge in [0.2, 0.25) is 5.91 Å². The second kappa shape index (κ2) is 5.92. The molecule has 2 aliphatic carbocycles. The quantitative estimate of drug-likeness (QED) is 0.765. The van der Waals surface area contributed by atoms with Crippen molar-refractivity contribution in [2.45, 2.75) is 55.6 Å². The average molecular weight is 400 g/mol. The summed E-state index contributed by atoms with van der Waals surface area (Å²) >= 11 is 0. The number of aliphatic hydroxyl groups is 1. The van der Waals surface area contributed by atoms with E-state index in [1.54, 1.807) is 6.92 Å². The largest absolute Gasteiger partial charge is 0.416 e. The van der Waals surface area contributed by atoms with Crippen LogP contribution >= 0.6 is 0 Å². The fraction of sp³-hybridized carbons (Fsp3) is 0.579. The Balaban J connectivity index is 1.53. The summed E-state index contributed by atoms with van der Waals surface area (Å²) in [6.07, 6.45) is -5.09. The molecule has 2 amide bonds. The molecule has 2 fully saturated rings. The molecule has 1 aromatic rings. The first-order valence-corrected chi connectivity index (χ1v) is 9.08. The predicted molar refractivity (Wildman–Crippen MR) is 90.3 cm³/mol. The van der Waals surface area contributed by atoms with Gasteiger partial charge in [-0.3, -0.25) is 9.59 Å². The summed E-state index contributed by atoms with van der Waals surface area (Å²) in [5.41, 5.74) is -2.82. The molecule has 0 unspecified atom stereocenters. The molecule has 1 heterocycles. The van der Waals surface area contributed by atoms with Crippen LogP contribution in [0.4, 0.5) is 17.6 Å². The summed E-state index contributed by atoms with van der Waals surface area (Å²) in [5, 5.41) is 12.4. The van der Waals surface area contributed by atoms with Gasteiger partial charge >= 0.3 is 6.18 Å². The van der Waals surface area contributed by atoms with Crippen molar-refractivity contribution in [3.63, 3.8) is 0 Å². The van der Waals surface area contributed by atoms with E-state index < -0.39 is 40.7 Å². The summed E-state index contributed by atoms with van der Waals surface area (Å²) < 4.78 is 53.3. The van der Waals surface area contributed by atoms with Crippen molar-refractivity contribution in [3.8, 4) is 0 Å². The van der Waals surface area contributed by atoms with Gasteiger partial charge in [0.1, 0.15) is 6.17 Å². The number of rotatable bonds is 3. The zero-order valence-corrected chi connectivity index (χ0v) is 15.1. The minimum Gasteiger partial charge on any atom is -0.390 e. The van der Waals surface area contributed by atoms with Gasteiger partial charge in [-0.15, -0.1) is 0 Å². The first-order chi connectivity index (χ1) is 12.9. The number of benzene rings is 1. The number of fused-ring (bicyclic) bond motifs is 2. The summed E-state index contributed by atoms with van der Waals surface area (Å²) in [4.78, 5) is 26.2. The highest BCUT2D eigenvalue weighted by atomic mass is 19.4. The van der Waals surface area contributed by atoms with Crippen LogP contribution < -0.4 is 5.32 Å². The van der Waals surface area contributed by atoms with Crippen molar-refractivity contribution in [1.29, 1.82) is 0 Å². The minimum atomic E-state index is -4.58. The smallest absolute Gasteiger partial charge is 0.390 e. The number of nitrogens with one attached hydrogen (secondary N) is 1. The molecule has 3 aliphatic rings. The van der Waals surface area contributed by atoms with Crippen LogP contribution in [0.1, 0.15) is 47.7 Å². The van der Waals surface area contributed by atoms with Crippen molar-refractivity contribution in [1.82, 2.24) is 10.2 Å². The zero-order chi connectivity index (χ0) is 20.5. The third-order valence-corrected chi connectivity index (χ3v) is 5.93. The van der Waals surface area contributed by atoms with Gasteiger partial charge in [-0.05, 0) is 49.9 Å². The fourth-order valence-corrected chi connectivity index (χ4v) is 4.37. The molecule has 1 aliphatic heterocycles. The van der Waals surface area contributed by atoms with E-state index in [9.17, 15) is 32.3 Å². The lowest BCUT2D eigenvalue weighted by molar-refractivity contribution is -0.137. The van der Waals surface area contributed by atoms with Crippen LogP contribution in [0.5, 0.6) is 0 Å². The van der Waals surface area contributed by atoms with Gasteiger partial charge in [0, 0.05) is 23.6 Å². The van der Waals surface area contributed by atoms with Gasteiger partial charge in [-0.25, -0.2) is 4.39 Å². The number of carbonyl (C=O) groups excluding carboxylic acids is 2. The van der Waals surface area contributed by atoms with Gasteiger partial charge in [-0.1, -0.05) is 0 Å². The fourth-order valence-electron chi connectivity index (χ4n) is 4.37. The highest BCUT2D eigenvalue weighted by Crippen LogP contribution is 2.55. The summed E-state index contributed by atoms with van der Waals surface area (Å²) in [5.74, 6) is -1.01. The Morgan fingerprint density at radius 2 is 1.96 bits per heavy atom. The van der Waals surface area contributed by atoms with E-state index in [1.807, 2.05) is 0 Å². The van der Waals surface area contributed by atoms with Crippen LogP contribution in [-0.2, 0) is 16.4 Å². The highest BCUT2D eigenvalue weighted by molar-refractivity contribution is 6.00. The first-order valence-electron chi connectivity index (χ1n) is 9.08. The molecule has 5 nitrogen and oxygen atoms in total. The molecule has 28 heavy (non-hydrogen) atoms. The molecule has 2 atom stereocenters. The van der Waals surface area contributed by atoms with Gasteiger partial charge in [0.05, 0.1) is 17.7 Å². The van der Waals surface area contributed by atoms with Crippen molar-refractivity contribution in [2.24, 2.45) is 0 Å². The molecular weight excluding hydrogens is 380 g/mol. The maximum absolute atomic E-state index is 14.2. The van der Waals surface area contributed by atoms with E-state index in [0.29, 0.717) is 12.8 Å². The summed E-state index contributed by atoms with van der Waals surface area (Å²) in [6, 6.07) is 2.55. The van der Waals surface area contributed by atoms with Gasteiger partial charge in [0.15, 0.2) is 0 Å². The van der Waals surface area contributed by atoms with Crippen molar-refractivity contribution in [3.05, 3.63) is 34.9 Å². The van der Waals surface area contributed by atoms with E-state index in [1.165, 1.54) is 4.90 Å². The Labute approximate surface area is 158 Å². The van der Waals surface area contributed by atoms with Crippen molar-refractivity contribution in [2.75, 3.05) is 13.1 Å². The number of alkyl halides is 4. The standard InChI is InChI=1S/C19H20F4N2O3/c1-17(28)5-11(6-17)24-15(26)8-25-9-18(7-14(18)20)13-4-10(19(21,22)23)2-3-12(13)16(25)27/h2-4,11,14,28H,5-9H2,1H3,(H,24,26)/t11-,14-,17-,18+/m1/s1. The molecule has 0 radical (unpaired) electrons. The molecule has 1 aromatic carbocycles. The van der Waals surface area contributed by atoms with E-state index in [-0.39, 0.29) is 36.7 Å². The lowest BCUT2D eigenvalue weighted by atomic mass is 9.77. The number of amides is 2. The molecule has 152 valence electrons. The van der Waals surface area contributed by atoms with Crippen LogP contribution in [0.2, 0.25) is 0 Å². The van der Waals surface area contributed by atoms with Crippen LogP contribution in [-0.4, -0.2) is 52.7 Å². The van der Waals surface area contributed by atoms with E-state index >= 15 is 0 Å². The first kappa shape index (κ1) is 19.2. The summed E-state index contributed by atoms with van der Waals surface area (Å²) in [6.45, 7) is 1.23. The molecule has 0 bridgehead atoms. The third kappa shape index (κ3) is 3.15.